The molecule has 2 N–H and O–H groups in total. The van der Waals surface area contributed by atoms with Crippen LogP contribution in [0.3, 0.4) is 0 Å². The van der Waals surface area contributed by atoms with Crippen molar-refractivity contribution in [3.63, 3.8) is 0 Å². The number of nitrogens with zero attached hydrogens (tertiary/aromatic N) is 4. The maximum Gasteiger partial charge on any atom is 0.236 e. The molecule has 0 aliphatic carbocycles. The number of hydrogen-bond donors (Lipinski definition) is 1. The summed E-state index contributed by atoms with van der Waals surface area (Å²) in [7, 11) is 0. The first kappa shape index (κ1) is 19.1. The van der Waals surface area contributed by atoms with E-state index < -0.39 is 6.04 Å². The third kappa shape index (κ3) is 5.17. The first-order valence-corrected chi connectivity index (χ1v) is 9.38. The molecule has 3 rings (SSSR count). The maximum atomic E-state index is 12.5. The van der Waals surface area contributed by atoms with Crippen molar-refractivity contribution >= 4 is 11.8 Å². The summed E-state index contributed by atoms with van der Waals surface area (Å²) >= 11 is 0. The van der Waals surface area contributed by atoms with Crippen molar-refractivity contribution in [2.24, 2.45) is 5.73 Å². The van der Waals surface area contributed by atoms with Gasteiger partial charge in [0.2, 0.25) is 11.8 Å². The number of hydrogen-bond acceptors (Lipinski definition) is 4. The van der Waals surface area contributed by atoms with Gasteiger partial charge in [0, 0.05) is 45.3 Å². The summed E-state index contributed by atoms with van der Waals surface area (Å²) < 4.78 is 1.77. The standard InChI is InChI=1S/C20H27N5O2/c1-16-7-11-25(22-16)12-9-19(26)24-14-13-23(18(15-24)20(21)27)10-8-17-5-3-2-4-6-17/h2-7,11,18H,8-10,12-15H2,1H3,(H2,21,27)/t18-/m1/s1. The number of carbonyl (C=O) groups excluding carboxylic acids is 2. The molecule has 2 aromatic rings. The SMILES string of the molecule is Cc1ccn(CCC(=O)N2CCN(CCc3ccccc3)[C@@H](C(N)=O)C2)n1. The van der Waals surface area contributed by atoms with Crippen molar-refractivity contribution in [1.29, 1.82) is 0 Å². The van der Waals surface area contributed by atoms with Crippen LogP contribution in [0.25, 0.3) is 0 Å². The molecular formula is C20H27N5O2. The summed E-state index contributed by atoms with van der Waals surface area (Å²) in [5.74, 6) is -0.333. The number of aromatic nitrogens is 2. The van der Waals surface area contributed by atoms with Gasteiger partial charge in [0.25, 0.3) is 0 Å². The molecule has 0 bridgehead atoms. The largest absolute Gasteiger partial charge is 0.368 e. The quantitative estimate of drug-likeness (QED) is 0.783. The molecule has 7 nitrogen and oxygen atoms in total. The Morgan fingerprint density at radius 2 is 1.93 bits per heavy atom. The van der Waals surface area contributed by atoms with Crippen molar-refractivity contribution in [3.8, 4) is 0 Å². The fourth-order valence-electron chi connectivity index (χ4n) is 3.46. The normalized spacial score (nSPS) is 17.8. The van der Waals surface area contributed by atoms with Crippen molar-refractivity contribution in [1.82, 2.24) is 19.6 Å². The molecule has 1 aromatic heterocycles. The van der Waals surface area contributed by atoms with E-state index in [0.29, 0.717) is 32.6 Å². The molecular weight excluding hydrogens is 342 g/mol. The Bertz CT molecular complexity index is 774. The zero-order valence-corrected chi connectivity index (χ0v) is 15.8. The predicted molar refractivity (Wildman–Crippen MR) is 103 cm³/mol. The van der Waals surface area contributed by atoms with Crippen LogP contribution in [-0.4, -0.2) is 63.6 Å². The molecule has 0 spiro atoms. The number of aryl methyl sites for hydroxylation is 2. The maximum absolute atomic E-state index is 12.5. The van der Waals surface area contributed by atoms with Crippen molar-refractivity contribution < 1.29 is 9.59 Å². The third-order valence-corrected chi connectivity index (χ3v) is 5.03. The molecule has 144 valence electrons. The summed E-state index contributed by atoms with van der Waals surface area (Å²) in [5, 5.41) is 4.30. The van der Waals surface area contributed by atoms with Gasteiger partial charge in [0.1, 0.15) is 6.04 Å². The molecule has 1 aromatic carbocycles. The van der Waals surface area contributed by atoms with Crippen LogP contribution in [0.2, 0.25) is 0 Å². The lowest BCUT2D eigenvalue weighted by Crippen LogP contribution is -2.59. The van der Waals surface area contributed by atoms with Crippen LogP contribution >= 0.6 is 0 Å². The van der Waals surface area contributed by atoms with Gasteiger partial charge < -0.3 is 10.6 Å². The van der Waals surface area contributed by atoms with E-state index in [-0.39, 0.29) is 11.8 Å². The molecule has 2 heterocycles. The Kier molecular flexibility index (Phi) is 6.24. The minimum atomic E-state index is -0.432. The topological polar surface area (TPSA) is 84.5 Å². The minimum Gasteiger partial charge on any atom is -0.368 e. The molecule has 7 heteroatoms. The number of rotatable bonds is 7. The predicted octanol–water partition coefficient (Wildman–Crippen LogP) is 0.822. The van der Waals surface area contributed by atoms with Gasteiger partial charge in [-0.25, -0.2) is 0 Å². The second-order valence-corrected chi connectivity index (χ2v) is 7.00. The van der Waals surface area contributed by atoms with Gasteiger partial charge in [-0.3, -0.25) is 19.2 Å². The molecule has 1 saturated heterocycles. The van der Waals surface area contributed by atoms with Gasteiger partial charge in [-0.15, -0.1) is 0 Å². The van der Waals surface area contributed by atoms with Crippen LogP contribution in [0.5, 0.6) is 0 Å². The first-order chi connectivity index (χ1) is 13.0. The number of amides is 2. The van der Waals surface area contributed by atoms with Crippen LogP contribution < -0.4 is 5.73 Å². The lowest BCUT2D eigenvalue weighted by molar-refractivity contribution is -0.137. The smallest absolute Gasteiger partial charge is 0.236 e. The van der Waals surface area contributed by atoms with E-state index in [1.807, 2.05) is 37.4 Å². The average molecular weight is 369 g/mol. The molecule has 0 saturated carbocycles. The van der Waals surface area contributed by atoms with Crippen molar-refractivity contribution in [2.75, 3.05) is 26.2 Å². The van der Waals surface area contributed by atoms with Crippen molar-refractivity contribution in [3.05, 3.63) is 53.9 Å². The fraction of sp³-hybridized carbons (Fsp3) is 0.450. The van der Waals surface area contributed by atoms with E-state index in [1.165, 1.54) is 5.56 Å². The Morgan fingerprint density at radius 3 is 2.59 bits per heavy atom. The lowest BCUT2D eigenvalue weighted by atomic mass is 10.1. The highest BCUT2D eigenvalue weighted by molar-refractivity contribution is 5.82. The number of primary amides is 1. The van der Waals surface area contributed by atoms with Crippen molar-refractivity contribution in [2.45, 2.75) is 32.4 Å². The molecule has 1 fully saturated rings. The number of nitrogens with two attached hydrogens (primary N) is 1. The third-order valence-electron chi connectivity index (χ3n) is 5.03. The van der Waals surface area contributed by atoms with E-state index in [1.54, 1.807) is 9.58 Å². The van der Waals surface area contributed by atoms with Gasteiger partial charge in [-0.05, 0) is 25.0 Å². The Labute approximate surface area is 159 Å². The minimum absolute atomic E-state index is 0.0390. The van der Waals surface area contributed by atoms with E-state index in [2.05, 4.69) is 22.1 Å². The van der Waals surface area contributed by atoms with Gasteiger partial charge in [0.15, 0.2) is 0 Å². The number of carbonyl (C=O) groups is 2. The summed E-state index contributed by atoms with van der Waals surface area (Å²) in [4.78, 5) is 28.3. The van der Waals surface area contributed by atoms with E-state index in [9.17, 15) is 9.59 Å². The highest BCUT2D eigenvalue weighted by Gasteiger charge is 2.32. The van der Waals surface area contributed by atoms with Gasteiger partial charge in [0.05, 0.1) is 5.69 Å². The Morgan fingerprint density at radius 1 is 1.15 bits per heavy atom. The van der Waals surface area contributed by atoms with E-state index >= 15 is 0 Å². The lowest BCUT2D eigenvalue weighted by Gasteiger charge is -2.40. The molecule has 1 aliphatic rings. The average Bonchev–Trinajstić information content (AvgIpc) is 3.10. The van der Waals surface area contributed by atoms with Crippen LogP contribution in [0, 0.1) is 6.92 Å². The summed E-state index contributed by atoms with van der Waals surface area (Å²) in [6.07, 6.45) is 3.10. The van der Waals surface area contributed by atoms with Crippen LogP contribution in [0.15, 0.2) is 42.6 Å². The molecule has 0 unspecified atom stereocenters. The summed E-state index contributed by atoms with van der Waals surface area (Å²) in [5.41, 5.74) is 7.79. The zero-order chi connectivity index (χ0) is 19.2. The molecule has 0 radical (unpaired) electrons. The number of piperazine rings is 1. The van der Waals surface area contributed by atoms with Gasteiger partial charge in [-0.1, -0.05) is 30.3 Å². The Hall–Kier alpha value is -2.67. The molecule has 27 heavy (non-hydrogen) atoms. The zero-order valence-electron chi connectivity index (χ0n) is 15.8. The van der Waals surface area contributed by atoms with Gasteiger partial charge in [-0.2, -0.15) is 5.10 Å². The van der Waals surface area contributed by atoms with Crippen LogP contribution in [0.4, 0.5) is 0 Å². The highest BCUT2D eigenvalue weighted by Crippen LogP contribution is 2.13. The second-order valence-electron chi connectivity index (χ2n) is 7.00. The van der Waals surface area contributed by atoms with Crippen LogP contribution in [0.1, 0.15) is 17.7 Å². The number of benzene rings is 1. The highest BCUT2D eigenvalue weighted by atomic mass is 16.2. The van der Waals surface area contributed by atoms with Crippen LogP contribution in [-0.2, 0) is 22.6 Å². The molecule has 1 atom stereocenters. The second kappa shape index (κ2) is 8.81. The first-order valence-electron chi connectivity index (χ1n) is 9.38. The molecule has 1 aliphatic heterocycles. The van der Waals surface area contributed by atoms with E-state index in [0.717, 1.165) is 18.7 Å². The summed E-state index contributed by atoms with van der Waals surface area (Å²) in [6.45, 7) is 4.86. The fourth-order valence-corrected chi connectivity index (χ4v) is 3.46. The molecule has 2 amide bonds. The van der Waals surface area contributed by atoms with E-state index in [4.69, 9.17) is 5.73 Å². The monoisotopic (exact) mass is 369 g/mol. The summed E-state index contributed by atoms with van der Waals surface area (Å²) in [6, 6.07) is 11.7. The van der Waals surface area contributed by atoms with Gasteiger partial charge >= 0.3 is 0 Å². The Balaban J connectivity index is 1.53.